The molecule has 1 heterocycles. The fourth-order valence-corrected chi connectivity index (χ4v) is 2.85. The summed E-state index contributed by atoms with van der Waals surface area (Å²) in [5, 5.41) is 3.53. The van der Waals surface area contributed by atoms with Crippen molar-refractivity contribution in [1.82, 2.24) is 10.2 Å². The van der Waals surface area contributed by atoms with Crippen molar-refractivity contribution >= 4 is 0 Å². The number of hydrogen-bond acceptors (Lipinski definition) is 3. The molecule has 2 unspecified atom stereocenters. The van der Waals surface area contributed by atoms with Crippen molar-refractivity contribution < 1.29 is 13.5 Å². The molecule has 0 radical (unpaired) electrons. The van der Waals surface area contributed by atoms with Gasteiger partial charge in [0.15, 0.2) is 0 Å². The summed E-state index contributed by atoms with van der Waals surface area (Å²) in [4.78, 5) is 2.38. The van der Waals surface area contributed by atoms with Crippen LogP contribution in [0.3, 0.4) is 0 Å². The SMILES string of the molecule is CC(NCc1ccc(OC(F)F)cc1)C1CCCN(C)C1. The van der Waals surface area contributed by atoms with Crippen LogP contribution in [0.15, 0.2) is 24.3 Å². The van der Waals surface area contributed by atoms with Crippen LogP contribution in [-0.2, 0) is 6.54 Å². The van der Waals surface area contributed by atoms with Crippen LogP contribution in [0.1, 0.15) is 25.3 Å². The number of nitrogens with one attached hydrogen (secondary N) is 1. The van der Waals surface area contributed by atoms with E-state index in [1.165, 1.54) is 19.4 Å². The van der Waals surface area contributed by atoms with Gasteiger partial charge in [0, 0.05) is 19.1 Å². The van der Waals surface area contributed by atoms with E-state index in [0.717, 1.165) is 18.7 Å². The zero-order chi connectivity index (χ0) is 15.2. The standard InChI is InChI=1S/C16H24F2N2O/c1-12(14-4-3-9-20(2)11-14)19-10-13-5-7-15(8-6-13)21-16(17)18/h5-8,12,14,16,19H,3-4,9-11H2,1-2H3. The summed E-state index contributed by atoms with van der Waals surface area (Å²) < 4.78 is 28.5. The molecule has 0 amide bonds. The smallest absolute Gasteiger partial charge is 0.387 e. The molecule has 0 aliphatic carbocycles. The van der Waals surface area contributed by atoms with Gasteiger partial charge in [-0.2, -0.15) is 8.78 Å². The van der Waals surface area contributed by atoms with Crippen LogP contribution >= 0.6 is 0 Å². The molecular formula is C16H24F2N2O. The highest BCUT2D eigenvalue weighted by Gasteiger charge is 2.22. The summed E-state index contributed by atoms with van der Waals surface area (Å²) in [6, 6.07) is 7.27. The third-order valence-corrected chi connectivity index (χ3v) is 4.14. The zero-order valence-electron chi connectivity index (χ0n) is 12.7. The second-order valence-electron chi connectivity index (χ2n) is 5.86. The predicted molar refractivity (Wildman–Crippen MR) is 79.6 cm³/mol. The minimum absolute atomic E-state index is 0.204. The Kier molecular flexibility index (Phi) is 5.94. The first-order valence-electron chi connectivity index (χ1n) is 7.50. The second-order valence-corrected chi connectivity index (χ2v) is 5.86. The number of rotatable bonds is 6. The van der Waals surface area contributed by atoms with E-state index in [9.17, 15) is 8.78 Å². The number of benzene rings is 1. The second kappa shape index (κ2) is 7.71. The fraction of sp³-hybridized carbons (Fsp3) is 0.625. The lowest BCUT2D eigenvalue weighted by atomic mass is 9.92. The van der Waals surface area contributed by atoms with Crippen LogP contribution in [0, 0.1) is 5.92 Å². The van der Waals surface area contributed by atoms with E-state index < -0.39 is 6.61 Å². The van der Waals surface area contributed by atoms with Gasteiger partial charge in [0.2, 0.25) is 0 Å². The van der Waals surface area contributed by atoms with Crippen LogP contribution in [-0.4, -0.2) is 37.7 Å². The van der Waals surface area contributed by atoms with Gasteiger partial charge >= 0.3 is 6.61 Å². The van der Waals surface area contributed by atoms with Crippen molar-refractivity contribution in [2.24, 2.45) is 5.92 Å². The summed E-state index contributed by atoms with van der Waals surface area (Å²) in [7, 11) is 2.17. The van der Waals surface area contributed by atoms with Crippen molar-refractivity contribution in [3.05, 3.63) is 29.8 Å². The Morgan fingerprint density at radius 1 is 1.33 bits per heavy atom. The number of ether oxygens (including phenoxy) is 1. The van der Waals surface area contributed by atoms with E-state index in [1.54, 1.807) is 12.1 Å². The van der Waals surface area contributed by atoms with Crippen LogP contribution in [0.2, 0.25) is 0 Å². The van der Waals surface area contributed by atoms with Gasteiger partial charge < -0.3 is 15.0 Å². The molecule has 1 saturated heterocycles. The molecule has 0 spiro atoms. The first-order valence-corrected chi connectivity index (χ1v) is 7.50. The van der Waals surface area contributed by atoms with Gasteiger partial charge in [-0.25, -0.2) is 0 Å². The van der Waals surface area contributed by atoms with E-state index in [0.29, 0.717) is 12.0 Å². The molecule has 1 N–H and O–H groups in total. The Morgan fingerprint density at radius 3 is 2.67 bits per heavy atom. The van der Waals surface area contributed by atoms with E-state index in [1.807, 2.05) is 12.1 Å². The lowest BCUT2D eigenvalue weighted by Gasteiger charge is -2.34. The molecule has 2 rings (SSSR count). The first-order chi connectivity index (χ1) is 10.0. The third kappa shape index (κ3) is 5.25. The van der Waals surface area contributed by atoms with Crippen LogP contribution in [0.5, 0.6) is 5.75 Å². The third-order valence-electron chi connectivity index (χ3n) is 4.14. The Balaban J connectivity index is 1.79. The summed E-state index contributed by atoms with van der Waals surface area (Å²) in [6.07, 6.45) is 2.52. The van der Waals surface area contributed by atoms with E-state index in [2.05, 4.69) is 28.9 Å². The molecule has 1 aromatic rings. The van der Waals surface area contributed by atoms with Crippen molar-refractivity contribution in [3.8, 4) is 5.75 Å². The minimum Gasteiger partial charge on any atom is -0.435 e. The number of piperidine rings is 1. The maximum Gasteiger partial charge on any atom is 0.387 e. The Hall–Kier alpha value is -1.20. The van der Waals surface area contributed by atoms with Crippen molar-refractivity contribution in [3.63, 3.8) is 0 Å². The number of nitrogens with zero attached hydrogens (tertiary/aromatic N) is 1. The molecule has 1 aliphatic heterocycles. The van der Waals surface area contributed by atoms with Crippen LogP contribution in [0.25, 0.3) is 0 Å². The Morgan fingerprint density at radius 2 is 2.05 bits per heavy atom. The molecule has 21 heavy (non-hydrogen) atoms. The van der Waals surface area contributed by atoms with Gasteiger partial charge in [-0.3, -0.25) is 0 Å². The van der Waals surface area contributed by atoms with Gasteiger partial charge in [-0.1, -0.05) is 12.1 Å². The highest BCUT2D eigenvalue weighted by atomic mass is 19.3. The normalized spacial score (nSPS) is 21.5. The molecule has 1 fully saturated rings. The molecule has 5 heteroatoms. The average molecular weight is 298 g/mol. The average Bonchev–Trinajstić information content (AvgIpc) is 2.45. The summed E-state index contributed by atoms with van der Waals surface area (Å²) >= 11 is 0. The van der Waals surface area contributed by atoms with Crippen molar-refractivity contribution in [2.75, 3.05) is 20.1 Å². The van der Waals surface area contributed by atoms with E-state index in [-0.39, 0.29) is 5.75 Å². The quantitative estimate of drug-likeness (QED) is 0.873. The summed E-state index contributed by atoms with van der Waals surface area (Å²) in [5.74, 6) is 0.876. The maximum atomic E-state index is 12.1. The van der Waals surface area contributed by atoms with Gasteiger partial charge in [0.1, 0.15) is 5.75 Å². The number of hydrogen-bond donors (Lipinski definition) is 1. The molecule has 0 saturated carbocycles. The fourth-order valence-electron chi connectivity index (χ4n) is 2.85. The highest BCUT2D eigenvalue weighted by molar-refractivity contribution is 5.27. The highest BCUT2D eigenvalue weighted by Crippen LogP contribution is 2.19. The van der Waals surface area contributed by atoms with Gasteiger partial charge in [0.25, 0.3) is 0 Å². The van der Waals surface area contributed by atoms with Gasteiger partial charge in [-0.15, -0.1) is 0 Å². The molecule has 2 atom stereocenters. The van der Waals surface area contributed by atoms with Crippen LogP contribution < -0.4 is 10.1 Å². The predicted octanol–water partition coefficient (Wildman–Crippen LogP) is 3.11. The van der Waals surface area contributed by atoms with Crippen molar-refractivity contribution in [1.29, 1.82) is 0 Å². The van der Waals surface area contributed by atoms with Gasteiger partial charge in [-0.05, 0) is 57.0 Å². The lowest BCUT2D eigenvalue weighted by Crippen LogP contribution is -2.42. The Bertz CT molecular complexity index is 425. The van der Waals surface area contributed by atoms with Crippen LogP contribution in [0.4, 0.5) is 8.78 Å². The Labute approximate surface area is 125 Å². The molecule has 0 bridgehead atoms. The summed E-state index contributed by atoms with van der Waals surface area (Å²) in [6.45, 7) is 2.52. The van der Waals surface area contributed by atoms with E-state index in [4.69, 9.17) is 0 Å². The van der Waals surface area contributed by atoms with Crippen molar-refractivity contribution in [2.45, 2.75) is 39.0 Å². The molecular weight excluding hydrogens is 274 g/mol. The minimum atomic E-state index is -2.77. The molecule has 0 aromatic heterocycles. The molecule has 3 nitrogen and oxygen atoms in total. The summed E-state index contributed by atoms with van der Waals surface area (Å²) in [5.41, 5.74) is 1.08. The van der Waals surface area contributed by atoms with E-state index >= 15 is 0 Å². The first kappa shape index (κ1) is 16.2. The monoisotopic (exact) mass is 298 g/mol. The maximum absolute atomic E-state index is 12.1. The zero-order valence-corrected chi connectivity index (χ0v) is 12.7. The van der Waals surface area contributed by atoms with Gasteiger partial charge in [0.05, 0.1) is 0 Å². The molecule has 1 aliphatic rings. The number of halogens is 2. The lowest BCUT2D eigenvalue weighted by molar-refractivity contribution is -0.0498. The molecule has 118 valence electrons. The molecule has 1 aromatic carbocycles. The largest absolute Gasteiger partial charge is 0.435 e. The topological polar surface area (TPSA) is 24.5 Å². The number of alkyl halides is 2. The number of likely N-dealkylation sites (tertiary alicyclic amines) is 1.